The van der Waals surface area contributed by atoms with Gasteiger partial charge in [-0.3, -0.25) is 4.79 Å². The van der Waals surface area contributed by atoms with Crippen molar-refractivity contribution < 1.29 is 14.6 Å². The maximum Gasteiger partial charge on any atom is 0.257 e. The van der Waals surface area contributed by atoms with Gasteiger partial charge in [-0.05, 0) is 18.6 Å². The van der Waals surface area contributed by atoms with Gasteiger partial charge in [-0.1, -0.05) is 13.3 Å². The van der Waals surface area contributed by atoms with Crippen LogP contribution in [0.1, 0.15) is 30.1 Å². The van der Waals surface area contributed by atoms with Gasteiger partial charge in [-0.2, -0.15) is 0 Å². The molecule has 0 unspecified atom stereocenters. The lowest BCUT2D eigenvalue weighted by atomic mass is 10.1. The number of hydrogen-bond acceptors (Lipinski definition) is 4. The van der Waals surface area contributed by atoms with Gasteiger partial charge in [0.05, 0.1) is 19.3 Å². The van der Waals surface area contributed by atoms with Crippen LogP contribution in [0.25, 0.3) is 0 Å². The average molecular weight is 266 g/mol. The Kier molecular flexibility index (Phi) is 6.15. The number of nitrogen functional groups attached to an aromatic ring is 1. The number of anilines is 1. The number of ether oxygens (including phenoxy) is 1. The first-order valence-corrected chi connectivity index (χ1v) is 6.47. The lowest BCUT2D eigenvalue weighted by molar-refractivity contribution is 0.0716. The summed E-state index contributed by atoms with van der Waals surface area (Å²) >= 11 is 0. The molecule has 0 aromatic heterocycles. The Morgan fingerprint density at radius 2 is 2.16 bits per heavy atom. The molecule has 1 amide bonds. The second-order valence-corrected chi connectivity index (χ2v) is 4.33. The van der Waals surface area contributed by atoms with Gasteiger partial charge >= 0.3 is 0 Å². The van der Waals surface area contributed by atoms with E-state index in [1.54, 1.807) is 23.1 Å². The molecule has 0 fully saturated rings. The predicted octanol–water partition coefficient (Wildman–Crippen LogP) is 1.51. The van der Waals surface area contributed by atoms with Gasteiger partial charge in [0.15, 0.2) is 0 Å². The molecule has 0 aliphatic rings. The minimum atomic E-state index is -0.139. The van der Waals surface area contributed by atoms with Crippen LogP contribution in [0.15, 0.2) is 18.2 Å². The molecule has 0 atom stereocenters. The van der Waals surface area contributed by atoms with Crippen LogP contribution in [0.3, 0.4) is 0 Å². The normalized spacial score (nSPS) is 10.3. The first-order valence-electron chi connectivity index (χ1n) is 6.47. The van der Waals surface area contributed by atoms with E-state index in [1.165, 1.54) is 7.11 Å². The van der Waals surface area contributed by atoms with Crippen LogP contribution < -0.4 is 10.5 Å². The topological polar surface area (TPSA) is 75.8 Å². The van der Waals surface area contributed by atoms with Gasteiger partial charge in [0.2, 0.25) is 0 Å². The number of carbonyl (C=O) groups excluding carboxylic acids is 1. The molecule has 0 bridgehead atoms. The number of amides is 1. The fraction of sp³-hybridized carbons (Fsp3) is 0.500. The summed E-state index contributed by atoms with van der Waals surface area (Å²) < 4.78 is 5.19. The zero-order valence-corrected chi connectivity index (χ0v) is 11.6. The molecule has 3 N–H and O–H groups in total. The molecule has 0 saturated carbocycles. The molecule has 5 nitrogen and oxygen atoms in total. The van der Waals surface area contributed by atoms with Crippen molar-refractivity contribution in [2.75, 3.05) is 32.5 Å². The van der Waals surface area contributed by atoms with Crippen molar-refractivity contribution in [1.29, 1.82) is 0 Å². The number of nitrogens with zero attached hydrogens (tertiary/aromatic N) is 1. The fourth-order valence-electron chi connectivity index (χ4n) is 1.84. The second-order valence-electron chi connectivity index (χ2n) is 4.33. The summed E-state index contributed by atoms with van der Waals surface area (Å²) in [6.45, 7) is 2.97. The Morgan fingerprint density at radius 3 is 2.74 bits per heavy atom. The van der Waals surface area contributed by atoms with Crippen LogP contribution >= 0.6 is 0 Å². The molecule has 0 aliphatic carbocycles. The molecule has 0 heterocycles. The summed E-state index contributed by atoms with van der Waals surface area (Å²) in [4.78, 5) is 14.1. The van der Waals surface area contributed by atoms with Crippen LogP contribution in [0, 0.1) is 0 Å². The molecule has 0 radical (unpaired) electrons. The van der Waals surface area contributed by atoms with E-state index in [0.717, 1.165) is 12.8 Å². The van der Waals surface area contributed by atoms with Crippen molar-refractivity contribution in [3.63, 3.8) is 0 Å². The second kappa shape index (κ2) is 7.63. The summed E-state index contributed by atoms with van der Waals surface area (Å²) in [7, 11) is 1.51. The van der Waals surface area contributed by atoms with Crippen LogP contribution in [0.2, 0.25) is 0 Å². The van der Waals surface area contributed by atoms with Gasteiger partial charge in [-0.25, -0.2) is 0 Å². The highest BCUT2D eigenvalue weighted by Gasteiger charge is 2.18. The van der Waals surface area contributed by atoms with Crippen molar-refractivity contribution in [2.24, 2.45) is 0 Å². The van der Waals surface area contributed by atoms with Gasteiger partial charge in [0, 0.05) is 24.8 Å². The van der Waals surface area contributed by atoms with Crippen molar-refractivity contribution in [3.8, 4) is 5.75 Å². The lowest BCUT2D eigenvalue weighted by Crippen LogP contribution is -2.34. The van der Waals surface area contributed by atoms with Crippen LogP contribution in [0.4, 0.5) is 5.69 Å². The van der Waals surface area contributed by atoms with Crippen molar-refractivity contribution in [2.45, 2.75) is 19.8 Å². The molecule has 0 saturated heterocycles. The third-order valence-electron chi connectivity index (χ3n) is 2.89. The fourth-order valence-corrected chi connectivity index (χ4v) is 1.84. The van der Waals surface area contributed by atoms with E-state index in [0.29, 0.717) is 30.1 Å². The van der Waals surface area contributed by atoms with Gasteiger partial charge < -0.3 is 20.5 Å². The van der Waals surface area contributed by atoms with Crippen molar-refractivity contribution in [3.05, 3.63) is 23.8 Å². The maximum absolute atomic E-state index is 12.4. The Balaban J connectivity index is 2.94. The van der Waals surface area contributed by atoms with Crippen LogP contribution in [0.5, 0.6) is 5.75 Å². The van der Waals surface area contributed by atoms with E-state index in [4.69, 9.17) is 15.6 Å². The van der Waals surface area contributed by atoms with E-state index in [-0.39, 0.29) is 12.5 Å². The molecule has 1 aromatic rings. The number of methoxy groups -OCH3 is 1. The SMILES string of the molecule is CCCCN(CCO)C(=O)c1ccc(N)cc1OC. The Hall–Kier alpha value is -1.75. The Labute approximate surface area is 114 Å². The summed E-state index contributed by atoms with van der Waals surface area (Å²) in [5, 5.41) is 9.06. The molecular formula is C14H22N2O3. The molecule has 1 rings (SSSR count). The number of carbonyl (C=O) groups is 1. The van der Waals surface area contributed by atoms with Gasteiger partial charge in [0.1, 0.15) is 5.75 Å². The molecule has 1 aromatic carbocycles. The quantitative estimate of drug-likeness (QED) is 0.734. The number of unbranched alkanes of at least 4 members (excludes halogenated alkanes) is 1. The first-order chi connectivity index (χ1) is 9.13. The van der Waals surface area contributed by atoms with E-state index in [9.17, 15) is 4.79 Å². The van der Waals surface area contributed by atoms with Gasteiger partial charge in [-0.15, -0.1) is 0 Å². The first kappa shape index (κ1) is 15.3. The third-order valence-corrected chi connectivity index (χ3v) is 2.89. The number of aliphatic hydroxyl groups excluding tert-OH is 1. The average Bonchev–Trinajstić information content (AvgIpc) is 2.42. The number of benzene rings is 1. The highest BCUT2D eigenvalue weighted by Crippen LogP contribution is 2.23. The highest BCUT2D eigenvalue weighted by molar-refractivity contribution is 5.97. The van der Waals surface area contributed by atoms with E-state index in [1.807, 2.05) is 0 Å². The van der Waals surface area contributed by atoms with Crippen LogP contribution in [-0.2, 0) is 0 Å². The maximum atomic E-state index is 12.4. The smallest absolute Gasteiger partial charge is 0.257 e. The number of rotatable bonds is 7. The summed E-state index contributed by atoms with van der Waals surface area (Å²) in [6.07, 6.45) is 1.90. The highest BCUT2D eigenvalue weighted by atomic mass is 16.5. The van der Waals surface area contributed by atoms with Crippen molar-refractivity contribution in [1.82, 2.24) is 4.90 Å². The lowest BCUT2D eigenvalue weighted by Gasteiger charge is -2.22. The van der Waals surface area contributed by atoms with E-state index >= 15 is 0 Å². The molecule has 0 spiro atoms. The van der Waals surface area contributed by atoms with Crippen LogP contribution in [-0.4, -0.2) is 42.7 Å². The minimum absolute atomic E-state index is 0.0489. The zero-order chi connectivity index (χ0) is 14.3. The van der Waals surface area contributed by atoms with Gasteiger partial charge in [0.25, 0.3) is 5.91 Å². The summed E-state index contributed by atoms with van der Waals surface area (Å²) in [5.41, 5.74) is 6.70. The summed E-state index contributed by atoms with van der Waals surface area (Å²) in [5.74, 6) is 0.323. The van der Waals surface area contributed by atoms with Crippen molar-refractivity contribution >= 4 is 11.6 Å². The number of aliphatic hydroxyl groups is 1. The molecule has 0 aliphatic heterocycles. The van der Waals surface area contributed by atoms with E-state index < -0.39 is 0 Å². The largest absolute Gasteiger partial charge is 0.496 e. The third kappa shape index (κ3) is 4.13. The number of hydrogen-bond donors (Lipinski definition) is 2. The number of nitrogens with two attached hydrogens (primary N) is 1. The standard InChI is InChI=1S/C14H22N2O3/c1-3-4-7-16(8-9-17)14(18)12-6-5-11(15)10-13(12)19-2/h5-6,10,17H,3-4,7-9,15H2,1-2H3. The monoisotopic (exact) mass is 266 g/mol. The van der Waals surface area contributed by atoms with E-state index in [2.05, 4.69) is 6.92 Å². The molecule has 5 heteroatoms. The Morgan fingerprint density at radius 1 is 1.42 bits per heavy atom. The molecule has 106 valence electrons. The zero-order valence-electron chi connectivity index (χ0n) is 11.6. The summed E-state index contributed by atoms with van der Waals surface area (Å²) in [6, 6.07) is 4.96. The molecular weight excluding hydrogens is 244 g/mol. The Bertz CT molecular complexity index is 421. The minimum Gasteiger partial charge on any atom is -0.496 e. The predicted molar refractivity (Wildman–Crippen MR) is 75.3 cm³/mol. The molecule has 19 heavy (non-hydrogen) atoms.